The minimum Gasteiger partial charge on any atom is -0.496 e. The first-order valence-electron chi connectivity index (χ1n) is 6.34. The Kier molecular flexibility index (Phi) is 4.34. The Morgan fingerprint density at radius 3 is 2.68 bits per heavy atom. The Morgan fingerprint density at radius 2 is 2.00 bits per heavy atom. The number of methoxy groups -OCH3 is 1. The molecule has 0 radical (unpaired) electrons. The molecule has 0 aliphatic carbocycles. The predicted octanol–water partition coefficient (Wildman–Crippen LogP) is 2.76. The van der Waals surface area contributed by atoms with Crippen LogP contribution < -0.4 is 10.1 Å². The monoisotopic (exact) mass is 257 g/mol. The van der Waals surface area contributed by atoms with Crippen LogP contribution in [0.2, 0.25) is 0 Å². The molecule has 0 atom stereocenters. The van der Waals surface area contributed by atoms with Crippen molar-refractivity contribution in [3.05, 3.63) is 47.4 Å². The molecule has 0 bridgehead atoms. The van der Waals surface area contributed by atoms with Gasteiger partial charge < -0.3 is 10.1 Å². The van der Waals surface area contributed by atoms with E-state index >= 15 is 0 Å². The van der Waals surface area contributed by atoms with E-state index in [-0.39, 0.29) is 0 Å². The fourth-order valence-corrected chi connectivity index (χ4v) is 1.96. The molecule has 1 aromatic heterocycles. The van der Waals surface area contributed by atoms with Gasteiger partial charge in [0.15, 0.2) is 0 Å². The Morgan fingerprint density at radius 1 is 1.21 bits per heavy atom. The molecule has 0 aliphatic heterocycles. The molecule has 0 saturated heterocycles. The summed E-state index contributed by atoms with van der Waals surface area (Å²) in [6, 6.07) is 6.14. The van der Waals surface area contributed by atoms with Gasteiger partial charge in [-0.15, -0.1) is 0 Å². The number of hydrogen-bond acceptors (Lipinski definition) is 4. The quantitative estimate of drug-likeness (QED) is 0.894. The van der Waals surface area contributed by atoms with Crippen LogP contribution in [0.3, 0.4) is 0 Å². The molecule has 4 nitrogen and oxygen atoms in total. The van der Waals surface area contributed by atoms with Gasteiger partial charge in [-0.25, -0.2) is 9.97 Å². The summed E-state index contributed by atoms with van der Waals surface area (Å²) in [7, 11) is 1.71. The highest BCUT2D eigenvalue weighted by Gasteiger charge is 2.05. The molecule has 0 aliphatic rings. The second-order valence-electron chi connectivity index (χ2n) is 4.52. The summed E-state index contributed by atoms with van der Waals surface area (Å²) in [6.07, 6.45) is 4.17. The number of nitrogens with one attached hydrogen (secondary N) is 1. The smallest absolute Gasteiger partial charge is 0.129 e. The first kappa shape index (κ1) is 13.3. The molecule has 0 unspecified atom stereocenters. The molecule has 0 spiro atoms. The molecule has 4 heteroatoms. The van der Waals surface area contributed by atoms with E-state index < -0.39 is 0 Å². The van der Waals surface area contributed by atoms with Crippen LogP contribution in [0.1, 0.15) is 16.7 Å². The van der Waals surface area contributed by atoms with Crippen molar-refractivity contribution in [2.75, 3.05) is 19.0 Å². The number of anilines is 1. The minimum atomic E-state index is 0.815. The van der Waals surface area contributed by atoms with Crippen molar-refractivity contribution in [2.45, 2.75) is 20.3 Å². The number of ether oxygens (including phenoxy) is 1. The first-order chi connectivity index (χ1) is 9.20. The summed E-state index contributed by atoms with van der Waals surface area (Å²) in [5.41, 5.74) is 3.76. The van der Waals surface area contributed by atoms with Crippen LogP contribution >= 0.6 is 0 Å². The third-order valence-electron chi connectivity index (χ3n) is 3.18. The summed E-state index contributed by atoms with van der Waals surface area (Å²) in [4.78, 5) is 8.02. The number of nitrogens with zero attached hydrogens (tertiary/aromatic N) is 2. The molecule has 1 heterocycles. The maximum atomic E-state index is 5.43. The number of benzene rings is 1. The molecule has 19 heavy (non-hydrogen) atoms. The Balaban J connectivity index is 2.01. The maximum Gasteiger partial charge on any atom is 0.129 e. The van der Waals surface area contributed by atoms with Crippen molar-refractivity contribution in [1.29, 1.82) is 0 Å². The largest absolute Gasteiger partial charge is 0.496 e. The average molecular weight is 257 g/mol. The highest BCUT2D eigenvalue weighted by Crippen LogP contribution is 2.23. The summed E-state index contributed by atoms with van der Waals surface area (Å²) in [6.45, 7) is 5.03. The zero-order chi connectivity index (χ0) is 13.7. The second-order valence-corrected chi connectivity index (χ2v) is 4.52. The van der Waals surface area contributed by atoms with Crippen molar-refractivity contribution >= 4 is 5.82 Å². The third kappa shape index (κ3) is 3.44. The van der Waals surface area contributed by atoms with Gasteiger partial charge in [-0.1, -0.05) is 6.07 Å². The lowest BCUT2D eigenvalue weighted by Crippen LogP contribution is -2.07. The molecule has 100 valence electrons. The van der Waals surface area contributed by atoms with E-state index in [2.05, 4.69) is 41.3 Å². The van der Waals surface area contributed by atoms with E-state index in [9.17, 15) is 0 Å². The number of hydrogen-bond donors (Lipinski definition) is 1. The van der Waals surface area contributed by atoms with Gasteiger partial charge in [0.25, 0.3) is 0 Å². The third-order valence-corrected chi connectivity index (χ3v) is 3.18. The molecule has 0 amide bonds. The lowest BCUT2D eigenvalue weighted by Gasteiger charge is -2.12. The van der Waals surface area contributed by atoms with Gasteiger partial charge in [0.2, 0.25) is 0 Å². The highest BCUT2D eigenvalue weighted by molar-refractivity contribution is 5.42. The van der Waals surface area contributed by atoms with Crippen molar-refractivity contribution in [3.8, 4) is 5.75 Å². The van der Waals surface area contributed by atoms with E-state index in [0.29, 0.717) is 0 Å². The SMILES string of the molecule is COc1cc(C)c(C)cc1CCNc1ccncn1. The second kappa shape index (κ2) is 6.18. The topological polar surface area (TPSA) is 47.0 Å². The minimum absolute atomic E-state index is 0.815. The first-order valence-corrected chi connectivity index (χ1v) is 6.34. The van der Waals surface area contributed by atoms with Crippen LogP contribution in [-0.4, -0.2) is 23.6 Å². The Bertz CT molecular complexity index is 541. The number of aromatic nitrogens is 2. The van der Waals surface area contributed by atoms with Crippen LogP contribution in [-0.2, 0) is 6.42 Å². The molecular weight excluding hydrogens is 238 g/mol. The van der Waals surface area contributed by atoms with Crippen molar-refractivity contribution < 1.29 is 4.74 Å². The average Bonchev–Trinajstić information content (AvgIpc) is 2.43. The van der Waals surface area contributed by atoms with Crippen LogP contribution in [0.4, 0.5) is 5.82 Å². The Labute approximate surface area is 113 Å². The van der Waals surface area contributed by atoms with Gasteiger partial charge in [0.05, 0.1) is 7.11 Å². The number of aryl methyl sites for hydroxylation is 2. The highest BCUT2D eigenvalue weighted by atomic mass is 16.5. The number of rotatable bonds is 5. The lowest BCUT2D eigenvalue weighted by molar-refractivity contribution is 0.409. The summed E-state index contributed by atoms with van der Waals surface area (Å²) in [5.74, 6) is 1.80. The molecule has 0 fully saturated rings. The van der Waals surface area contributed by atoms with E-state index in [0.717, 1.165) is 24.5 Å². The van der Waals surface area contributed by atoms with E-state index in [1.54, 1.807) is 19.6 Å². The zero-order valence-corrected chi connectivity index (χ0v) is 11.6. The van der Waals surface area contributed by atoms with Gasteiger partial charge in [-0.05, 0) is 49.1 Å². The lowest BCUT2D eigenvalue weighted by atomic mass is 10.0. The van der Waals surface area contributed by atoms with Crippen LogP contribution in [0.25, 0.3) is 0 Å². The van der Waals surface area contributed by atoms with Crippen molar-refractivity contribution in [2.24, 2.45) is 0 Å². The zero-order valence-electron chi connectivity index (χ0n) is 11.6. The van der Waals surface area contributed by atoms with Gasteiger partial charge in [0.1, 0.15) is 17.9 Å². The summed E-state index contributed by atoms with van der Waals surface area (Å²) in [5, 5.41) is 3.27. The standard InChI is InChI=1S/C15H19N3O/c1-11-8-13(14(19-3)9-12(11)2)4-7-17-15-5-6-16-10-18-15/h5-6,8-10H,4,7H2,1-3H3,(H,16,17,18). The molecule has 1 aromatic carbocycles. The molecule has 1 N–H and O–H groups in total. The van der Waals surface area contributed by atoms with E-state index in [1.807, 2.05) is 6.07 Å². The van der Waals surface area contributed by atoms with Crippen LogP contribution in [0.15, 0.2) is 30.7 Å². The van der Waals surface area contributed by atoms with Crippen molar-refractivity contribution in [3.63, 3.8) is 0 Å². The fourth-order valence-electron chi connectivity index (χ4n) is 1.96. The van der Waals surface area contributed by atoms with E-state index in [4.69, 9.17) is 4.74 Å². The summed E-state index contributed by atoms with van der Waals surface area (Å²) < 4.78 is 5.43. The molecular formula is C15H19N3O. The van der Waals surface area contributed by atoms with Gasteiger partial charge in [-0.3, -0.25) is 0 Å². The fraction of sp³-hybridized carbons (Fsp3) is 0.333. The summed E-state index contributed by atoms with van der Waals surface area (Å²) >= 11 is 0. The van der Waals surface area contributed by atoms with Gasteiger partial charge >= 0.3 is 0 Å². The predicted molar refractivity (Wildman–Crippen MR) is 76.7 cm³/mol. The van der Waals surface area contributed by atoms with Crippen LogP contribution in [0.5, 0.6) is 5.75 Å². The van der Waals surface area contributed by atoms with E-state index in [1.165, 1.54) is 16.7 Å². The van der Waals surface area contributed by atoms with Crippen molar-refractivity contribution in [1.82, 2.24) is 9.97 Å². The van der Waals surface area contributed by atoms with Gasteiger partial charge in [-0.2, -0.15) is 0 Å². The molecule has 0 saturated carbocycles. The maximum absolute atomic E-state index is 5.43. The molecule has 2 aromatic rings. The van der Waals surface area contributed by atoms with Gasteiger partial charge in [0, 0.05) is 12.7 Å². The Hall–Kier alpha value is -2.10. The van der Waals surface area contributed by atoms with Crippen LogP contribution in [0, 0.1) is 13.8 Å². The molecule has 2 rings (SSSR count). The normalized spacial score (nSPS) is 10.3.